The molecule has 4 aromatic rings. The average molecular weight is 536 g/mol. The quantitative estimate of drug-likeness (QED) is 0.299. The fourth-order valence-corrected chi connectivity index (χ4v) is 5.42. The first-order chi connectivity index (χ1) is 14.7. The van der Waals surface area contributed by atoms with Gasteiger partial charge in [0.25, 0.3) is 0 Å². The van der Waals surface area contributed by atoms with Crippen molar-refractivity contribution in [3.8, 4) is 27.6 Å². The van der Waals surface area contributed by atoms with Gasteiger partial charge >= 0.3 is 0 Å². The summed E-state index contributed by atoms with van der Waals surface area (Å²) in [5, 5.41) is 15.7. The third kappa shape index (κ3) is 4.39. The molecule has 0 radical (unpaired) electrons. The van der Waals surface area contributed by atoms with Crippen LogP contribution in [0.25, 0.3) is 27.6 Å². The van der Waals surface area contributed by atoms with E-state index in [1.165, 1.54) is 11.3 Å². The molecule has 0 N–H and O–H groups in total. The van der Waals surface area contributed by atoms with E-state index in [1.807, 2.05) is 48.5 Å². The first-order valence-corrected chi connectivity index (χ1v) is 13.0. The normalized spacial score (nSPS) is 12.8. The van der Waals surface area contributed by atoms with Gasteiger partial charge < -0.3 is 0 Å². The Kier molecular flexibility index (Phi) is 6.18. The molecule has 2 aromatic carbocycles. The van der Waals surface area contributed by atoms with Gasteiger partial charge in [0.15, 0.2) is 5.01 Å². The maximum Gasteiger partial charge on any atom is 0.169 e. The third-order valence-corrected chi connectivity index (χ3v) is 7.76. The summed E-state index contributed by atoms with van der Waals surface area (Å²) in [6, 6.07) is 15.3. The van der Waals surface area contributed by atoms with Crippen LogP contribution in [0.4, 0.5) is 0 Å². The van der Waals surface area contributed by atoms with Crippen LogP contribution in [-0.2, 0) is 16.2 Å². The van der Waals surface area contributed by atoms with Gasteiger partial charge in [0.05, 0.1) is 32.1 Å². The molecule has 2 heterocycles. The standard InChI is InChI=1S/C22H20BrClN4OS2/c1-22(2,3)21-26-25-20(30-21)17-19(31(4)29)18(13-9-11-14(23)12-10-13)28(27-17)16-8-6-5-7-15(16)24/h5-12H,1-4H3. The van der Waals surface area contributed by atoms with Gasteiger partial charge in [0.1, 0.15) is 10.7 Å². The zero-order valence-electron chi connectivity index (χ0n) is 17.4. The minimum Gasteiger partial charge on any atom is -0.254 e. The van der Waals surface area contributed by atoms with E-state index in [1.54, 1.807) is 10.9 Å². The van der Waals surface area contributed by atoms with Gasteiger partial charge in [-0.1, -0.05) is 83.9 Å². The number of aromatic nitrogens is 4. The van der Waals surface area contributed by atoms with E-state index >= 15 is 0 Å². The van der Waals surface area contributed by atoms with Crippen molar-refractivity contribution < 1.29 is 4.21 Å². The SMILES string of the molecule is CS(=O)c1c(-c2nnc(C(C)(C)C)s2)nn(-c2ccccc2Cl)c1-c1ccc(Br)cc1. The molecule has 160 valence electrons. The summed E-state index contributed by atoms with van der Waals surface area (Å²) < 4.78 is 15.7. The van der Waals surface area contributed by atoms with Crippen molar-refractivity contribution in [2.24, 2.45) is 0 Å². The highest BCUT2D eigenvalue weighted by molar-refractivity contribution is 9.10. The lowest BCUT2D eigenvalue weighted by Gasteiger charge is -2.12. The Morgan fingerprint density at radius 3 is 2.32 bits per heavy atom. The van der Waals surface area contributed by atoms with E-state index in [2.05, 4.69) is 46.9 Å². The summed E-state index contributed by atoms with van der Waals surface area (Å²) in [5.41, 5.74) is 2.74. The third-order valence-electron chi connectivity index (χ3n) is 4.60. The van der Waals surface area contributed by atoms with Gasteiger partial charge in [0.2, 0.25) is 0 Å². The largest absolute Gasteiger partial charge is 0.254 e. The van der Waals surface area contributed by atoms with Crippen LogP contribution in [0.5, 0.6) is 0 Å². The smallest absolute Gasteiger partial charge is 0.169 e. The van der Waals surface area contributed by atoms with E-state index in [-0.39, 0.29) is 5.41 Å². The Morgan fingerprint density at radius 1 is 1.06 bits per heavy atom. The fraction of sp³-hybridized carbons (Fsp3) is 0.227. The van der Waals surface area contributed by atoms with Crippen molar-refractivity contribution in [3.63, 3.8) is 0 Å². The molecule has 0 aliphatic heterocycles. The average Bonchev–Trinajstić information content (AvgIpc) is 3.34. The zero-order valence-corrected chi connectivity index (χ0v) is 21.4. The summed E-state index contributed by atoms with van der Waals surface area (Å²) in [6.07, 6.45) is 1.66. The van der Waals surface area contributed by atoms with Gasteiger partial charge in [-0.25, -0.2) is 4.68 Å². The number of rotatable bonds is 4. The lowest BCUT2D eigenvalue weighted by molar-refractivity contribution is 0.578. The van der Waals surface area contributed by atoms with Crippen LogP contribution in [0.1, 0.15) is 25.8 Å². The van der Waals surface area contributed by atoms with E-state index in [4.69, 9.17) is 16.7 Å². The monoisotopic (exact) mass is 534 g/mol. The van der Waals surface area contributed by atoms with E-state index in [0.29, 0.717) is 26.3 Å². The van der Waals surface area contributed by atoms with Crippen molar-refractivity contribution in [2.45, 2.75) is 31.1 Å². The van der Waals surface area contributed by atoms with Gasteiger partial charge in [-0.3, -0.25) is 4.21 Å². The second kappa shape index (κ2) is 8.58. The van der Waals surface area contributed by atoms with Gasteiger partial charge in [-0.2, -0.15) is 5.10 Å². The molecule has 0 aliphatic carbocycles. The molecular formula is C22H20BrClN4OS2. The highest BCUT2D eigenvalue weighted by atomic mass is 79.9. The van der Waals surface area contributed by atoms with Gasteiger partial charge in [-0.15, -0.1) is 10.2 Å². The molecule has 0 aliphatic rings. The summed E-state index contributed by atoms with van der Waals surface area (Å²) in [6.45, 7) is 6.27. The number of benzene rings is 2. The predicted molar refractivity (Wildman–Crippen MR) is 132 cm³/mol. The Hall–Kier alpha value is -1.87. The van der Waals surface area contributed by atoms with Crippen LogP contribution in [0, 0.1) is 0 Å². The van der Waals surface area contributed by atoms with Crippen LogP contribution in [-0.4, -0.2) is 30.4 Å². The number of hydrogen-bond acceptors (Lipinski definition) is 5. The molecule has 0 saturated carbocycles. The highest BCUT2D eigenvalue weighted by Crippen LogP contribution is 2.40. The maximum absolute atomic E-state index is 13.0. The molecule has 4 rings (SSSR count). The molecular weight excluding hydrogens is 516 g/mol. The van der Waals surface area contributed by atoms with Crippen LogP contribution < -0.4 is 0 Å². The molecule has 0 bridgehead atoms. The Morgan fingerprint density at radius 2 is 1.74 bits per heavy atom. The molecule has 1 atom stereocenters. The molecule has 31 heavy (non-hydrogen) atoms. The van der Waals surface area contributed by atoms with Crippen molar-refractivity contribution in [1.29, 1.82) is 0 Å². The highest BCUT2D eigenvalue weighted by Gasteiger charge is 2.28. The topological polar surface area (TPSA) is 60.7 Å². The van der Waals surface area contributed by atoms with E-state index in [9.17, 15) is 4.21 Å². The Balaban J connectivity index is 2.04. The Labute approximate surface area is 201 Å². The molecule has 0 amide bonds. The summed E-state index contributed by atoms with van der Waals surface area (Å²) >= 11 is 11.5. The molecule has 0 saturated heterocycles. The second-order valence-electron chi connectivity index (χ2n) is 8.01. The molecule has 9 heteroatoms. The van der Waals surface area contributed by atoms with Crippen molar-refractivity contribution in [2.75, 3.05) is 6.26 Å². The number of nitrogens with zero attached hydrogens (tertiary/aromatic N) is 4. The van der Waals surface area contributed by atoms with E-state index < -0.39 is 10.8 Å². The fourth-order valence-electron chi connectivity index (χ4n) is 3.10. The van der Waals surface area contributed by atoms with Crippen LogP contribution in [0.15, 0.2) is 57.9 Å². The van der Waals surface area contributed by atoms with Gasteiger partial charge in [-0.05, 0) is 24.3 Å². The molecule has 0 fully saturated rings. The van der Waals surface area contributed by atoms with Crippen molar-refractivity contribution in [1.82, 2.24) is 20.0 Å². The molecule has 1 unspecified atom stereocenters. The summed E-state index contributed by atoms with van der Waals surface area (Å²) in [7, 11) is -1.33. The first-order valence-electron chi connectivity index (χ1n) is 9.48. The maximum atomic E-state index is 13.0. The van der Waals surface area contributed by atoms with Crippen LogP contribution in [0.2, 0.25) is 5.02 Å². The van der Waals surface area contributed by atoms with Crippen molar-refractivity contribution >= 4 is 49.7 Å². The predicted octanol–water partition coefficient (Wildman–Crippen LogP) is 6.51. The number of para-hydroxylation sites is 1. The van der Waals surface area contributed by atoms with E-state index in [0.717, 1.165) is 20.7 Å². The molecule has 0 spiro atoms. The number of halogens is 2. The first kappa shape index (κ1) is 22.3. The van der Waals surface area contributed by atoms with Crippen LogP contribution in [0.3, 0.4) is 0 Å². The second-order valence-corrected chi connectivity index (χ2v) is 11.6. The molecule has 2 aromatic heterocycles. The summed E-state index contributed by atoms with van der Waals surface area (Å²) in [4.78, 5) is 0.610. The molecule has 5 nitrogen and oxygen atoms in total. The Bertz CT molecular complexity index is 1280. The van der Waals surface area contributed by atoms with Crippen LogP contribution >= 0.6 is 38.9 Å². The number of hydrogen-bond donors (Lipinski definition) is 0. The van der Waals surface area contributed by atoms with Crippen molar-refractivity contribution in [3.05, 3.63) is 63.0 Å². The summed E-state index contributed by atoms with van der Waals surface area (Å²) in [5.74, 6) is 0. The lowest BCUT2D eigenvalue weighted by atomic mass is 9.98. The minimum atomic E-state index is -1.33. The zero-order chi connectivity index (χ0) is 22.3. The lowest BCUT2D eigenvalue weighted by Crippen LogP contribution is -2.10. The van der Waals surface area contributed by atoms with Gasteiger partial charge in [0, 0.05) is 21.7 Å². The minimum absolute atomic E-state index is 0.138.